The Morgan fingerprint density at radius 1 is 1.40 bits per heavy atom. The van der Waals surface area contributed by atoms with Crippen molar-refractivity contribution < 1.29 is 14.6 Å². The van der Waals surface area contributed by atoms with Crippen LogP contribution in [0.4, 0.5) is 0 Å². The van der Waals surface area contributed by atoms with Crippen LogP contribution >= 0.6 is 0 Å². The van der Waals surface area contributed by atoms with Crippen molar-refractivity contribution in [1.82, 2.24) is 5.32 Å². The third-order valence-electron chi connectivity index (χ3n) is 3.94. The first-order chi connectivity index (χ1) is 9.33. The van der Waals surface area contributed by atoms with Crippen LogP contribution in [0.5, 0.6) is 0 Å². The first kappa shape index (κ1) is 17.2. The first-order valence-electron chi connectivity index (χ1n) is 7.55. The molecule has 0 spiro atoms. The molecule has 116 valence electrons. The van der Waals surface area contributed by atoms with Gasteiger partial charge in [-0.1, -0.05) is 33.8 Å². The molecule has 1 rings (SSSR count). The van der Waals surface area contributed by atoms with Crippen LogP contribution in [0.2, 0.25) is 0 Å². The predicted octanol–water partition coefficient (Wildman–Crippen LogP) is 2.13. The van der Waals surface area contributed by atoms with Crippen molar-refractivity contribution in [3.63, 3.8) is 0 Å². The van der Waals surface area contributed by atoms with E-state index in [0.29, 0.717) is 12.5 Å². The molecule has 20 heavy (non-hydrogen) atoms. The number of hydrogen-bond donors (Lipinski definition) is 2. The molecule has 0 bridgehead atoms. The van der Waals surface area contributed by atoms with Crippen molar-refractivity contribution in [3.05, 3.63) is 12.2 Å². The molecule has 1 fully saturated rings. The maximum atomic E-state index is 11.8. The number of amides is 1. The van der Waals surface area contributed by atoms with Gasteiger partial charge in [0.2, 0.25) is 5.91 Å². The van der Waals surface area contributed by atoms with Crippen molar-refractivity contribution in [2.75, 3.05) is 19.8 Å². The van der Waals surface area contributed by atoms with E-state index >= 15 is 0 Å². The molecule has 1 saturated heterocycles. The van der Waals surface area contributed by atoms with Crippen LogP contribution < -0.4 is 5.32 Å². The molecule has 1 aliphatic rings. The van der Waals surface area contributed by atoms with Crippen molar-refractivity contribution in [1.29, 1.82) is 0 Å². The molecule has 1 aliphatic heterocycles. The summed E-state index contributed by atoms with van der Waals surface area (Å²) in [6.07, 6.45) is 5.14. The zero-order valence-corrected chi connectivity index (χ0v) is 13.2. The standard InChI is InChI=1S/C16H29NO3/c1-12(2)15(19)16(3,4)11-17-14(18)6-5-13-7-9-20-10-8-13/h5-6,12-13,15,19H,7-11H2,1-4H3,(H,17,18)/b6-5+. The zero-order valence-electron chi connectivity index (χ0n) is 13.2. The number of aliphatic hydroxyl groups excluding tert-OH is 1. The average Bonchev–Trinajstić information content (AvgIpc) is 2.43. The molecule has 1 unspecified atom stereocenters. The van der Waals surface area contributed by atoms with E-state index in [1.54, 1.807) is 6.08 Å². The highest BCUT2D eigenvalue weighted by atomic mass is 16.5. The summed E-state index contributed by atoms with van der Waals surface area (Å²) < 4.78 is 5.29. The minimum Gasteiger partial charge on any atom is -0.392 e. The molecule has 1 amide bonds. The molecule has 1 atom stereocenters. The van der Waals surface area contributed by atoms with E-state index in [2.05, 4.69) is 5.32 Å². The Kier molecular flexibility index (Phi) is 6.69. The van der Waals surface area contributed by atoms with Gasteiger partial charge in [0.25, 0.3) is 0 Å². The highest BCUT2D eigenvalue weighted by Crippen LogP contribution is 2.25. The number of carbonyl (C=O) groups is 1. The number of hydrogen-bond acceptors (Lipinski definition) is 3. The van der Waals surface area contributed by atoms with Crippen molar-refractivity contribution in [3.8, 4) is 0 Å². The summed E-state index contributed by atoms with van der Waals surface area (Å²) in [7, 11) is 0. The van der Waals surface area contributed by atoms with Crippen LogP contribution in [0.15, 0.2) is 12.2 Å². The van der Waals surface area contributed by atoms with Gasteiger partial charge >= 0.3 is 0 Å². The second-order valence-electron chi connectivity index (χ2n) is 6.70. The van der Waals surface area contributed by atoms with Crippen LogP contribution in [-0.4, -0.2) is 36.9 Å². The molecular formula is C16H29NO3. The van der Waals surface area contributed by atoms with Crippen LogP contribution in [0, 0.1) is 17.3 Å². The molecule has 2 N–H and O–H groups in total. The number of nitrogens with one attached hydrogen (secondary N) is 1. The largest absolute Gasteiger partial charge is 0.392 e. The van der Waals surface area contributed by atoms with Gasteiger partial charge < -0.3 is 15.2 Å². The summed E-state index contributed by atoms with van der Waals surface area (Å²) >= 11 is 0. The fourth-order valence-corrected chi connectivity index (χ4v) is 2.51. The van der Waals surface area contributed by atoms with Gasteiger partial charge in [0.15, 0.2) is 0 Å². The number of ether oxygens (including phenoxy) is 1. The maximum absolute atomic E-state index is 11.8. The van der Waals surface area contributed by atoms with Gasteiger partial charge in [-0.3, -0.25) is 4.79 Å². The van der Waals surface area contributed by atoms with Crippen LogP contribution in [0.3, 0.4) is 0 Å². The van der Waals surface area contributed by atoms with Crippen LogP contribution in [0.1, 0.15) is 40.5 Å². The zero-order chi connectivity index (χ0) is 15.2. The van der Waals surface area contributed by atoms with Crippen LogP contribution in [-0.2, 0) is 9.53 Å². The average molecular weight is 283 g/mol. The molecule has 0 radical (unpaired) electrons. The number of allylic oxidation sites excluding steroid dienone is 1. The van der Waals surface area contributed by atoms with E-state index in [1.807, 2.05) is 33.8 Å². The lowest BCUT2D eigenvalue weighted by Gasteiger charge is -2.33. The van der Waals surface area contributed by atoms with Gasteiger partial charge in [0.1, 0.15) is 0 Å². The number of rotatable bonds is 6. The van der Waals surface area contributed by atoms with Gasteiger partial charge in [-0.05, 0) is 30.8 Å². The van der Waals surface area contributed by atoms with Gasteiger partial charge in [-0.2, -0.15) is 0 Å². The van der Waals surface area contributed by atoms with E-state index in [1.165, 1.54) is 0 Å². The SMILES string of the molecule is CC(C)C(O)C(C)(C)CNC(=O)/C=C/C1CCOCC1. The minimum absolute atomic E-state index is 0.0828. The second kappa shape index (κ2) is 7.79. The monoisotopic (exact) mass is 283 g/mol. The molecular weight excluding hydrogens is 254 g/mol. The lowest BCUT2D eigenvalue weighted by molar-refractivity contribution is -0.117. The lowest BCUT2D eigenvalue weighted by atomic mass is 9.81. The molecule has 0 aliphatic carbocycles. The fourth-order valence-electron chi connectivity index (χ4n) is 2.51. The third kappa shape index (κ3) is 5.63. The second-order valence-corrected chi connectivity index (χ2v) is 6.70. The summed E-state index contributed by atoms with van der Waals surface area (Å²) in [5.74, 6) is 0.545. The Bertz CT molecular complexity index is 331. The van der Waals surface area contributed by atoms with Gasteiger partial charge in [0.05, 0.1) is 6.10 Å². The molecule has 1 heterocycles. The Labute approximate surface area is 122 Å². The smallest absolute Gasteiger partial charge is 0.243 e. The summed E-state index contributed by atoms with van der Waals surface area (Å²) in [5.41, 5.74) is -0.323. The molecule has 0 aromatic heterocycles. The van der Waals surface area contributed by atoms with Crippen LogP contribution in [0.25, 0.3) is 0 Å². The van der Waals surface area contributed by atoms with Gasteiger partial charge in [-0.25, -0.2) is 0 Å². The Morgan fingerprint density at radius 2 is 2.00 bits per heavy atom. The summed E-state index contributed by atoms with van der Waals surface area (Å²) in [6, 6.07) is 0. The third-order valence-corrected chi connectivity index (χ3v) is 3.94. The maximum Gasteiger partial charge on any atom is 0.243 e. The lowest BCUT2D eigenvalue weighted by Crippen LogP contribution is -2.43. The van der Waals surface area contributed by atoms with E-state index in [-0.39, 0.29) is 17.2 Å². The summed E-state index contributed by atoms with van der Waals surface area (Å²) in [6.45, 7) is 9.95. The highest BCUT2D eigenvalue weighted by Gasteiger charge is 2.30. The first-order valence-corrected chi connectivity index (χ1v) is 7.55. The molecule has 0 aromatic rings. The van der Waals surface area contributed by atoms with E-state index in [0.717, 1.165) is 26.1 Å². The Balaban J connectivity index is 2.36. The topological polar surface area (TPSA) is 58.6 Å². The summed E-state index contributed by atoms with van der Waals surface area (Å²) in [4.78, 5) is 11.8. The highest BCUT2D eigenvalue weighted by molar-refractivity contribution is 5.87. The normalized spacial score (nSPS) is 19.5. The van der Waals surface area contributed by atoms with Gasteiger partial charge in [0, 0.05) is 25.2 Å². The van der Waals surface area contributed by atoms with Crippen molar-refractivity contribution >= 4 is 5.91 Å². The van der Waals surface area contributed by atoms with Crippen molar-refractivity contribution in [2.24, 2.45) is 17.3 Å². The molecule has 4 nitrogen and oxygen atoms in total. The van der Waals surface area contributed by atoms with E-state index in [4.69, 9.17) is 4.74 Å². The van der Waals surface area contributed by atoms with E-state index < -0.39 is 6.10 Å². The fraction of sp³-hybridized carbons (Fsp3) is 0.812. The number of carbonyl (C=O) groups excluding carboxylic acids is 1. The Hall–Kier alpha value is -0.870. The molecule has 4 heteroatoms. The minimum atomic E-state index is -0.428. The number of aliphatic hydroxyl groups is 1. The molecule has 0 saturated carbocycles. The predicted molar refractivity (Wildman–Crippen MR) is 80.3 cm³/mol. The van der Waals surface area contributed by atoms with Crippen molar-refractivity contribution in [2.45, 2.75) is 46.6 Å². The summed E-state index contributed by atoms with van der Waals surface area (Å²) in [5, 5.41) is 13.0. The molecule has 0 aromatic carbocycles. The van der Waals surface area contributed by atoms with E-state index in [9.17, 15) is 9.90 Å². The Morgan fingerprint density at radius 3 is 2.55 bits per heavy atom. The quantitative estimate of drug-likeness (QED) is 0.734. The van der Waals surface area contributed by atoms with Gasteiger partial charge in [-0.15, -0.1) is 0 Å².